The molecule has 0 bridgehead atoms. The van der Waals surface area contributed by atoms with Crippen molar-refractivity contribution in [2.45, 2.75) is 0 Å². The van der Waals surface area contributed by atoms with Gasteiger partial charge < -0.3 is 0 Å². The van der Waals surface area contributed by atoms with Gasteiger partial charge in [-0.05, 0) is 12.1 Å². The molecule has 0 fully saturated rings. The molecule has 0 aliphatic heterocycles. The molecule has 0 atom stereocenters. The van der Waals surface area contributed by atoms with Crippen LogP contribution in [0.2, 0.25) is 0 Å². The van der Waals surface area contributed by atoms with E-state index in [2.05, 4.69) is 9.76 Å². The number of hydrogen-bond donors (Lipinski definition) is 1. The zero-order valence-corrected chi connectivity index (χ0v) is 10.3. The van der Waals surface area contributed by atoms with Gasteiger partial charge in [-0.15, -0.1) is 0 Å². The van der Waals surface area contributed by atoms with E-state index in [9.17, 15) is 8.42 Å². The van der Waals surface area contributed by atoms with Gasteiger partial charge in [-0.3, -0.25) is 0 Å². The fourth-order valence-corrected chi connectivity index (χ4v) is 0.878. The van der Waals surface area contributed by atoms with Gasteiger partial charge in [0.2, 0.25) is 0 Å². The quantitative estimate of drug-likeness (QED) is 0.586. The van der Waals surface area contributed by atoms with Crippen molar-refractivity contribution in [2.75, 3.05) is 11.7 Å². The van der Waals surface area contributed by atoms with E-state index < -0.39 is 10.1 Å². The monoisotopic (exact) mass is 210 g/mol. The third kappa shape index (κ3) is 6.06. The van der Waals surface area contributed by atoms with Gasteiger partial charge in [0, 0.05) is 29.6 Å². The standard InChI is InChI=1S/C7H9NO3S.Na/c1-12(9,10)11-8-7-5-3-2-4-6-7;/h2-6,8H,1H3;. The maximum atomic E-state index is 10.5. The summed E-state index contributed by atoms with van der Waals surface area (Å²) in [4.78, 5) is 0. The summed E-state index contributed by atoms with van der Waals surface area (Å²) in [6.07, 6.45) is 0.975. The molecule has 0 unspecified atom stereocenters. The molecule has 0 saturated heterocycles. The zero-order valence-electron chi connectivity index (χ0n) is 7.52. The second kappa shape index (κ2) is 5.62. The Morgan fingerprint density at radius 3 is 2.23 bits per heavy atom. The maximum Gasteiger partial charge on any atom is 0.284 e. The molecular formula is C7H9NNaO3S. The van der Waals surface area contributed by atoms with Gasteiger partial charge in [-0.2, -0.15) is 12.7 Å². The van der Waals surface area contributed by atoms with E-state index in [0.717, 1.165) is 6.26 Å². The molecule has 0 heterocycles. The number of anilines is 1. The van der Waals surface area contributed by atoms with Crippen LogP contribution < -0.4 is 5.48 Å². The fourth-order valence-electron chi connectivity index (χ4n) is 0.630. The fraction of sp³-hybridized carbons (Fsp3) is 0.143. The third-order valence-electron chi connectivity index (χ3n) is 1.08. The molecule has 1 aromatic carbocycles. The van der Waals surface area contributed by atoms with Crippen LogP contribution >= 0.6 is 0 Å². The molecule has 1 rings (SSSR count). The summed E-state index contributed by atoms with van der Waals surface area (Å²) in [5.74, 6) is 0. The third-order valence-corrected chi connectivity index (χ3v) is 1.47. The van der Waals surface area contributed by atoms with Crippen LogP contribution in [-0.2, 0) is 14.4 Å². The minimum absolute atomic E-state index is 0. The Bertz CT molecular complexity index is 338. The molecule has 0 saturated carbocycles. The molecule has 4 nitrogen and oxygen atoms in total. The van der Waals surface area contributed by atoms with Crippen molar-refractivity contribution in [3.05, 3.63) is 30.3 Å². The van der Waals surface area contributed by atoms with Gasteiger partial charge in [0.15, 0.2) is 0 Å². The molecule has 0 aliphatic rings. The van der Waals surface area contributed by atoms with Gasteiger partial charge >= 0.3 is 0 Å². The first-order valence-corrected chi connectivity index (χ1v) is 5.09. The number of para-hydroxylation sites is 1. The van der Waals surface area contributed by atoms with Gasteiger partial charge in [-0.1, -0.05) is 18.2 Å². The first kappa shape index (κ1) is 12.9. The van der Waals surface area contributed by atoms with Gasteiger partial charge in [0.1, 0.15) is 0 Å². The number of rotatable bonds is 3. The van der Waals surface area contributed by atoms with Crippen LogP contribution in [0.5, 0.6) is 0 Å². The summed E-state index contributed by atoms with van der Waals surface area (Å²) in [6.45, 7) is 0. The van der Waals surface area contributed by atoms with Crippen LogP contribution in [0.15, 0.2) is 30.3 Å². The molecule has 0 aromatic heterocycles. The SMILES string of the molecule is CS(=O)(=O)ONc1ccccc1.[Na]. The Morgan fingerprint density at radius 1 is 1.23 bits per heavy atom. The number of benzene rings is 1. The topological polar surface area (TPSA) is 55.4 Å². The molecule has 0 spiro atoms. The summed E-state index contributed by atoms with van der Waals surface area (Å²) >= 11 is 0. The summed E-state index contributed by atoms with van der Waals surface area (Å²) in [5, 5.41) is 0. The van der Waals surface area contributed by atoms with Crippen LogP contribution in [-0.4, -0.2) is 44.2 Å². The van der Waals surface area contributed by atoms with Crippen molar-refractivity contribution in [2.24, 2.45) is 0 Å². The summed E-state index contributed by atoms with van der Waals surface area (Å²) in [7, 11) is -3.43. The minimum atomic E-state index is -3.43. The number of hydrogen-bond acceptors (Lipinski definition) is 4. The Kier molecular flexibility index (Phi) is 5.59. The molecule has 67 valence electrons. The molecule has 0 amide bonds. The molecule has 13 heavy (non-hydrogen) atoms. The molecule has 1 radical (unpaired) electrons. The largest absolute Gasteiger partial charge is 0.284 e. The molecule has 6 heteroatoms. The van der Waals surface area contributed by atoms with Crippen LogP contribution in [0, 0.1) is 0 Å². The maximum absolute atomic E-state index is 10.5. The normalized spacial score (nSPS) is 10.2. The van der Waals surface area contributed by atoms with Crippen LogP contribution in [0.25, 0.3) is 0 Å². The molecule has 0 aliphatic carbocycles. The second-order valence-electron chi connectivity index (χ2n) is 2.26. The molecule has 1 aromatic rings. The summed E-state index contributed by atoms with van der Waals surface area (Å²) < 4.78 is 25.4. The number of nitrogens with one attached hydrogen (secondary N) is 1. The van der Waals surface area contributed by atoms with E-state index in [1.807, 2.05) is 6.07 Å². The van der Waals surface area contributed by atoms with E-state index in [4.69, 9.17) is 0 Å². The minimum Gasteiger partial charge on any atom is -0.249 e. The summed E-state index contributed by atoms with van der Waals surface area (Å²) in [6, 6.07) is 8.77. The van der Waals surface area contributed by atoms with Gasteiger partial charge in [-0.25, -0.2) is 5.48 Å². The van der Waals surface area contributed by atoms with Crippen molar-refractivity contribution in [3.63, 3.8) is 0 Å². The average Bonchev–Trinajstić information content (AvgIpc) is 2.02. The Labute approximate surface area is 99.7 Å². The first-order chi connectivity index (χ1) is 5.58. The van der Waals surface area contributed by atoms with Gasteiger partial charge in [0.25, 0.3) is 10.1 Å². The van der Waals surface area contributed by atoms with Crippen molar-refractivity contribution < 1.29 is 12.7 Å². The predicted molar refractivity (Wildman–Crippen MR) is 51.7 cm³/mol. The average molecular weight is 210 g/mol. The smallest absolute Gasteiger partial charge is 0.249 e. The Hall–Kier alpha value is -0.0700. The van der Waals surface area contributed by atoms with Crippen LogP contribution in [0.3, 0.4) is 0 Å². The van der Waals surface area contributed by atoms with Crippen molar-refractivity contribution >= 4 is 45.4 Å². The molecular weight excluding hydrogens is 201 g/mol. The van der Waals surface area contributed by atoms with E-state index in [1.54, 1.807) is 24.3 Å². The van der Waals surface area contributed by atoms with E-state index in [0.29, 0.717) is 5.69 Å². The second-order valence-corrected chi connectivity index (χ2v) is 3.83. The van der Waals surface area contributed by atoms with Crippen molar-refractivity contribution in [1.82, 2.24) is 0 Å². The molecule has 1 N–H and O–H groups in total. The van der Waals surface area contributed by atoms with Crippen LogP contribution in [0.4, 0.5) is 5.69 Å². The Morgan fingerprint density at radius 2 is 1.77 bits per heavy atom. The van der Waals surface area contributed by atoms with E-state index in [-0.39, 0.29) is 29.6 Å². The predicted octanol–water partition coefficient (Wildman–Crippen LogP) is 0.609. The van der Waals surface area contributed by atoms with Crippen LogP contribution in [0.1, 0.15) is 0 Å². The van der Waals surface area contributed by atoms with E-state index >= 15 is 0 Å². The first-order valence-electron chi connectivity index (χ1n) is 3.27. The summed E-state index contributed by atoms with van der Waals surface area (Å²) in [5.41, 5.74) is 2.90. The Balaban J connectivity index is 0.00000144. The zero-order chi connectivity index (χ0) is 9.03. The van der Waals surface area contributed by atoms with Gasteiger partial charge in [0.05, 0.1) is 11.9 Å². The van der Waals surface area contributed by atoms with Crippen molar-refractivity contribution in [1.29, 1.82) is 0 Å². The van der Waals surface area contributed by atoms with E-state index in [1.165, 1.54) is 0 Å². The van der Waals surface area contributed by atoms with Crippen molar-refractivity contribution in [3.8, 4) is 0 Å².